The Hall–Kier alpha value is -1.98. The summed E-state index contributed by atoms with van der Waals surface area (Å²) in [5.74, 6) is 0.771. The van der Waals surface area contributed by atoms with Crippen LogP contribution < -0.4 is 5.32 Å². The third kappa shape index (κ3) is 7.41. The van der Waals surface area contributed by atoms with Crippen molar-refractivity contribution < 1.29 is 9.59 Å². The van der Waals surface area contributed by atoms with Crippen LogP contribution in [0.3, 0.4) is 0 Å². The quantitative estimate of drug-likeness (QED) is 0.585. The van der Waals surface area contributed by atoms with E-state index < -0.39 is 6.04 Å². The summed E-state index contributed by atoms with van der Waals surface area (Å²) in [5, 5.41) is 3.60. The normalized spacial score (nSPS) is 11.7. The van der Waals surface area contributed by atoms with E-state index in [9.17, 15) is 9.59 Å². The summed E-state index contributed by atoms with van der Waals surface area (Å²) < 4.78 is 0. The molecule has 4 nitrogen and oxygen atoms in total. The van der Waals surface area contributed by atoms with Crippen molar-refractivity contribution >= 4 is 35.2 Å². The fourth-order valence-corrected chi connectivity index (χ4v) is 4.01. The van der Waals surface area contributed by atoms with Crippen LogP contribution >= 0.6 is 23.4 Å². The molecular formula is C23H29ClN2O2S. The molecule has 0 aliphatic heterocycles. The lowest BCUT2D eigenvalue weighted by Crippen LogP contribution is -2.48. The Kier molecular flexibility index (Phi) is 9.55. The third-order valence-corrected chi connectivity index (χ3v) is 5.97. The number of aryl methyl sites for hydroxylation is 1. The molecule has 1 N–H and O–H groups in total. The highest BCUT2D eigenvalue weighted by atomic mass is 35.5. The third-order valence-electron chi connectivity index (χ3n) is 4.63. The van der Waals surface area contributed by atoms with Crippen molar-refractivity contribution in [2.75, 3.05) is 12.3 Å². The van der Waals surface area contributed by atoms with Gasteiger partial charge in [0.2, 0.25) is 11.8 Å². The molecule has 29 heavy (non-hydrogen) atoms. The van der Waals surface area contributed by atoms with E-state index in [1.807, 2.05) is 62.4 Å². The van der Waals surface area contributed by atoms with Crippen LogP contribution in [0.15, 0.2) is 48.5 Å². The first kappa shape index (κ1) is 23.3. The molecular weight excluding hydrogens is 404 g/mol. The van der Waals surface area contributed by atoms with Gasteiger partial charge in [-0.1, -0.05) is 66.6 Å². The Balaban J connectivity index is 2.05. The summed E-state index contributed by atoms with van der Waals surface area (Å²) in [6.07, 6.45) is 0.859. The zero-order valence-electron chi connectivity index (χ0n) is 17.3. The number of nitrogens with one attached hydrogen (secondary N) is 1. The van der Waals surface area contributed by atoms with E-state index >= 15 is 0 Å². The predicted octanol–water partition coefficient (Wildman–Crippen LogP) is 4.83. The summed E-state index contributed by atoms with van der Waals surface area (Å²) in [5.41, 5.74) is 3.18. The lowest BCUT2D eigenvalue weighted by molar-refractivity contribution is -0.138. The van der Waals surface area contributed by atoms with Crippen molar-refractivity contribution in [3.8, 4) is 0 Å². The molecule has 0 aliphatic carbocycles. The molecule has 0 aromatic heterocycles. The van der Waals surface area contributed by atoms with E-state index in [1.165, 1.54) is 11.8 Å². The molecule has 1 unspecified atom stereocenters. The van der Waals surface area contributed by atoms with Gasteiger partial charge in [0.15, 0.2) is 0 Å². The Labute approximate surface area is 183 Å². The van der Waals surface area contributed by atoms with Crippen molar-refractivity contribution in [3.05, 3.63) is 70.2 Å². The molecule has 0 aliphatic rings. The maximum atomic E-state index is 13.0. The first-order valence-corrected chi connectivity index (χ1v) is 11.4. The second-order valence-corrected chi connectivity index (χ2v) is 8.45. The fraction of sp³-hybridized carbons (Fsp3) is 0.391. The average Bonchev–Trinajstić information content (AvgIpc) is 2.72. The highest BCUT2D eigenvalue weighted by Gasteiger charge is 2.25. The second kappa shape index (κ2) is 11.9. The molecule has 1 atom stereocenters. The van der Waals surface area contributed by atoms with Crippen molar-refractivity contribution in [1.82, 2.24) is 10.2 Å². The maximum absolute atomic E-state index is 13.0. The number of nitrogens with zero attached hydrogens (tertiary/aromatic N) is 1. The number of amides is 2. The molecule has 0 fully saturated rings. The van der Waals surface area contributed by atoms with Gasteiger partial charge in [0.1, 0.15) is 6.04 Å². The SMILES string of the molecule is CCCNC(=O)C(C)N(Cc1ccc(C)cc1)C(=O)CSCc1ccccc1Cl. The minimum Gasteiger partial charge on any atom is -0.354 e. The highest BCUT2D eigenvalue weighted by Crippen LogP contribution is 2.21. The molecule has 2 aromatic carbocycles. The van der Waals surface area contributed by atoms with Crippen molar-refractivity contribution in [2.45, 2.75) is 45.5 Å². The van der Waals surface area contributed by atoms with Crippen LogP contribution in [0.1, 0.15) is 37.0 Å². The second-order valence-electron chi connectivity index (χ2n) is 7.06. The molecule has 2 aromatic rings. The van der Waals surface area contributed by atoms with Crippen molar-refractivity contribution in [2.24, 2.45) is 0 Å². The fourth-order valence-electron chi connectivity index (χ4n) is 2.82. The topological polar surface area (TPSA) is 49.4 Å². The molecule has 0 heterocycles. The lowest BCUT2D eigenvalue weighted by Gasteiger charge is -2.29. The van der Waals surface area contributed by atoms with Gasteiger partial charge in [-0.3, -0.25) is 9.59 Å². The summed E-state index contributed by atoms with van der Waals surface area (Å²) in [4.78, 5) is 27.2. The van der Waals surface area contributed by atoms with Gasteiger partial charge in [0.25, 0.3) is 0 Å². The van der Waals surface area contributed by atoms with Gasteiger partial charge in [-0.05, 0) is 37.5 Å². The molecule has 2 amide bonds. The number of carbonyl (C=O) groups is 2. The zero-order chi connectivity index (χ0) is 21.2. The number of benzene rings is 2. The Morgan fingerprint density at radius 2 is 1.83 bits per heavy atom. The van der Waals surface area contributed by atoms with Gasteiger partial charge in [0, 0.05) is 23.9 Å². The van der Waals surface area contributed by atoms with Gasteiger partial charge in [-0.25, -0.2) is 0 Å². The number of thioether (sulfide) groups is 1. The smallest absolute Gasteiger partial charge is 0.242 e. The molecule has 6 heteroatoms. The molecule has 0 bridgehead atoms. The van der Waals surface area contributed by atoms with Crippen LogP contribution in [0.5, 0.6) is 0 Å². The average molecular weight is 433 g/mol. The van der Waals surface area contributed by atoms with Crippen LogP contribution in [0.25, 0.3) is 0 Å². The van der Waals surface area contributed by atoms with E-state index in [0.717, 1.165) is 23.1 Å². The van der Waals surface area contributed by atoms with Gasteiger partial charge in [0.05, 0.1) is 5.75 Å². The molecule has 0 spiro atoms. The monoisotopic (exact) mass is 432 g/mol. The molecule has 0 saturated heterocycles. The van der Waals surface area contributed by atoms with Gasteiger partial charge < -0.3 is 10.2 Å². The zero-order valence-corrected chi connectivity index (χ0v) is 18.9. The van der Waals surface area contributed by atoms with E-state index in [2.05, 4.69) is 5.32 Å². The molecule has 0 radical (unpaired) electrons. The standard InChI is InChI=1S/C23H29ClN2O2S/c1-4-13-25-23(28)18(3)26(14-19-11-9-17(2)10-12-19)22(27)16-29-15-20-7-5-6-8-21(20)24/h5-12,18H,4,13-16H2,1-3H3,(H,25,28). The molecule has 0 saturated carbocycles. The minimum atomic E-state index is -0.531. The van der Waals surface area contributed by atoms with Gasteiger partial charge in [-0.2, -0.15) is 0 Å². The Bertz CT molecular complexity index is 811. The van der Waals surface area contributed by atoms with Gasteiger partial charge in [-0.15, -0.1) is 11.8 Å². The first-order chi connectivity index (χ1) is 13.9. The predicted molar refractivity (Wildman–Crippen MR) is 122 cm³/mol. The number of hydrogen-bond acceptors (Lipinski definition) is 3. The summed E-state index contributed by atoms with van der Waals surface area (Å²) >= 11 is 7.71. The number of rotatable bonds is 10. The summed E-state index contributed by atoms with van der Waals surface area (Å²) in [7, 11) is 0. The van der Waals surface area contributed by atoms with Crippen LogP contribution in [0.4, 0.5) is 0 Å². The first-order valence-electron chi connectivity index (χ1n) is 9.86. The number of halogens is 1. The lowest BCUT2D eigenvalue weighted by atomic mass is 10.1. The summed E-state index contributed by atoms with van der Waals surface area (Å²) in [6.45, 7) is 6.84. The number of hydrogen-bond donors (Lipinski definition) is 1. The van der Waals surface area contributed by atoms with Gasteiger partial charge >= 0.3 is 0 Å². The van der Waals surface area contributed by atoms with Crippen LogP contribution in [0.2, 0.25) is 5.02 Å². The number of carbonyl (C=O) groups excluding carboxylic acids is 2. The van der Waals surface area contributed by atoms with E-state index in [4.69, 9.17) is 11.6 Å². The van der Waals surface area contributed by atoms with E-state index in [0.29, 0.717) is 29.6 Å². The molecule has 2 rings (SSSR count). The van der Waals surface area contributed by atoms with E-state index in [-0.39, 0.29) is 11.8 Å². The highest BCUT2D eigenvalue weighted by molar-refractivity contribution is 7.99. The largest absolute Gasteiger partial charge is 0.354 e. The van der Waals surface area contributed by atoms with Crippen LogP contribution in [0, 0.1) is 6.92 Å². The van der Waals surface area contributed by atoms with Crippen molar-refractivity contribution in [3.63, 3.8) is 0 Å². The van der Waals surface area contributed by atoms with Crippen molar-refractivity contribution in [1.29, 1.82) is 0 Å². The minimum absolute atomic E-state index is 0.0539. The Morgan fingerprint density at radius 1 is 1.14 bits per heavy atom. The van der Waals surface area contributed by atoms with Crippen LogP contribution in [-0.2, 0) is 21.9 Å². The molecule has 156 valence electrons. The maximum Gasteiger partial charge on any atom is 0.242 e. The van der Waals surface area contributed by atoms with E-state index in [1.54, 1.807) is 11.8 Å². The summed E-state index contributed by atoms with van der Waals surface area (Å²) in [6, 6.07) is 15.2. The van der Waals surface area contributed by atoms with Crippen LogP contribution in [-0.4, -0.2) is 35.1 Å². The Morgan fingerprint density at radius 3 is 2.48 bits per heavy atom.